The number of dihydropyridines is 1. The molecule has 0 unspecified atom stereocenters. The van der Waals surface area contributed by atoms with Gasteiger partial charge in [0.05, 0.1) is 21.3 Å². The summed E-state index contributed by atoms with van der Waals surface area (Å²) in [6.07, 6.45) is 0.960. The van der Waals surface area contributed by atoms with Gasteiger partial charge >= 0.3 is 0 Å². The van der Waals surface area contributed by atoms with E-state index in [1.807, 2.05) is 80.6 Å². The van der Waals surface area contributed by atoms with E-state index in [0.717, 1.165) is 33.8 Å². The number of nitrogens with one attached hydrogen (secondary N) is 2. The van der Waals surface area contributed by atoms with Crippen molar-refractivity contribution in [1.82, 2.24) is 5.32 Å². The molecule has 2 atom stereocenters. The van der Waals surface area contributed by atoms with Crippen LogP contribution >= 0.6 is 0 Å². The maximum Gasteiger partial charge on any atom is 0.254 e. The summed E-state index contributed by atoms with van der Waals surface area (Å²) in [5.74, 6) is 1.22. The summed E-state index contributed by atoms with van der Waals surface area (Å²) < 4.78 is 16.3. The Morgan fingerprint density at radius 2 is 1.55 bits per heavy atom. The Bertz CT molecular complexity index is 1520. The van der Waals surface area contributed by atoms with Crippen molar-refractivity contribution >= 4 is 17.4 Å². The number of aryl methyl sites for hydroxylation is 1. The van der Waals surface area contributed by atoms with Gasteiger partial charge in [-0.05, 0) is 73.2 Å². The van der Waals surface area contributed by atoms with Crippen molar-refractivity contribution in [2.75, 3.05) is 26.6 Å². The minimum atomic E-state index is -0.509. The SMILES string of the molecule is COc1ccc([C@@H]2C(C(=O)Nc3ccccc3C)=C(C)NC3=C2C(=O)C[C@@H](c2ccc(OC)c(OC)c2)C3)cc1. The van der Waals surface area contributed by atoms with Gasteiger partial charge in [0, 0.05) is 40.6 Å². The Hall–Kier alpha value is -4.52. The van der Waals surface area contributed by atoms with Crippen LogP contribution in [-0.4, -0.2) is 33.0 Å². The first-order valence-electron chi connectivity index (χ1n) is 13.3. The predicted molar refractivity (Wildman–Crippen MR) is 155 cm³/mol. The topological polar surface area (TPSA) is 85.9 Å². The van der Waals surface area contributed by atoms with Crippen molar-refractivity contribution in [2.45, 2.75) is 38.5 Å². The highest BCUT2D eigenvalue weighted by Gasteiger charge is 2.41. The van der Waals surface area contributed by atoms with Gasteiger partial charge in [0.1, 0.15) is 5.75 Å². The molecule has 1 aliphatic heterocycles. The zero-order chi connectivity index (χ0) is 28.4. The Morgan fingerprint density at radius 3 is 2.23 bits per heavy atom. The van der Waals surface area contributed by atoms with Crippen LogP contribution in [0.3, 0.4) is 0 Å². The number of ether oxygens (including phenoxy) is 3. The fourth-order valence-electron chi connectivity index (χ4n) is 5.71. The summed E-state index contributed by atoms with van der Waals surface area (Å²) in [5, 5.41) is 6.53. The number of anilines is 1. The van der Waals surface area contributed by atoms with E-state index in [-0.39, 0.29) is 17.6 Å². The molecule has 0 spiro atoms. The molecule has 3 aromatic rings. The van der Waals surface area contributed by atoms with Crippen molar-refractivity contribution < 1.29 is 23.8 Å². The average molecular weight is 539 g/mol. The summed E-state index contributed by atoms with van der Waals surface area (Å²) in [7, 11) is 4.82. The van der Waals surface area contributed by atoms with Gasteiger partial charge in [-0.25, -0.2) is 0 Å². The third-order valence-corrected chi connectivity index (χ3v) is 7.79. The molecule has 40 heavy (non-hydrogen) atoms. The van der Waals surface area contributed by atoms with Crippen LogP contribution < -0.4 is 24.8 Å². The number of para-hydroxylation sites is 1. The number of rotatable bonds is 7. The Balaban J connectivity index is 1.55. The Labute approximate surface area is 234 Å². The highest BCUT2D eigenvalue weighted by Crippen LogP contribution is 2.46. The second kappa shape index (κ2) is 11.3. The average Bonchev–Trinajstić information content (AvgIpc) is 2.97. The van der Waals surface area contributed by atoms with Gasteiger partial charge in [0.2, 0.25) is 0 Å². The number of amides is 1. The van der Waals surface area contributed by atoms with Gasteiger partial charge in [-0.3, -0.25) is 9.59 Å². The summed E-state index contributed by atoms with van der Waals surface area (Å²) in [6, 6.07) is 21.1. The number of carbonyl (C=O) groups is 2. The third kappa shape index (κ3) is 5.07. The van der Waals surface area contributed by atoms with Gasteiger partial charge in [-0.2, -0.15) is 0 Å². The first-order valence-corrected chi connectivity index (χ1v) is 13.3. The number of hydrogen-bond acceptors (Lipinski definition) is 6. The molecule has 2 aliphatic rings. The molecule has 0 fully saturated rings. The van der Waals surface area contributed by atoms with Crippen molar-refractivity contribution in [3.05, 3.63) is 106 Å². The van der Waals surface area contributed by atoms with E-state index in [1.54, 1.807) is 21.3 Å². The zero-order valence-corrected chi connectivity index (χ0v) is 23.5. The largest absolute Gasteiger partial charge is 0.497 e. The minimum Gasteiger partial charge on any atom is -0.497 e. The fraction of sp³-hybridized carbons (Fsp3) is 0.273. The second-order valence-corrected chi connectivity index (χ2v) is 10.2. The molecular formula is C33H34N2O5. The molecule has 3 aromatic carbocycles. The lowest BCUT2D eigenvalue weighted by atomic mass is 9.71. The number of Topliss-reactive ketones (excluding diaryl/α,β-unsaturated/α-hetero) is 1. The molecule has 0 saturated heterocycles. The predicted octanol–water partition coefficient (Wildman–Crippen LogP) is 6.02. The van der Waals surface area contributed by atoms with Crippen LogP contribution in [0.1, 0.15) is 48.3 Å². The number of carbonyl (C=O) groups excluding carboxylic acids is 2. The molecule has 0 bridgehead atoms. The van der Waals surface area contributed by atoms with Crippen LogP contribution in [0.4, 0.5) is 5.69 Å². The van der Waals surface area contributed by atoms with Crippen molar-refractivity contribution in [3.8, 4) is 17.2 Å². The molecule has 1 amide bonds. The van der Waals surface area contributed by atoms with Crippen LogP contribution in [-0.2, 0) is 9.59 Å². The summed E-state index contributed by atoms with van der Waals surface area (Å²) in [6.45, 7) is 3.86. The molecule has 206 valence electrons. The van der Waals surface area contributed by atoms with Crippen molar-refractivity contribution in [2.24, 2.45) is 0 Å². The highest BCUT2D eigenvalue weighted by atomic mass is 16.5. The maximum absolute atomic E-state index is 14.0. The van der Waals surface area contributed by atoms with Crippen molar-refractivity contribution in [3.63, 3.8) is 0 Å². The van der Waals surface area contributed by atoms with Gasteiger partial charge in [-0.1, -0.05) is 36.4 Å². The number of methoxy groups -OCH3 is 3. The van der Waals surface area contributed by atoms with Gasteiger partial charge in [0.15, 0.2) is 17.3 Å². The Morgan fingerprint density at radius 1 is 0.850 bits per heavy atom. The highest BCUT2D eigenvalue weighted by molar-refractivity contribution is 6.10. The van der Waals surface area contributed by atoms with E-state index >= 15 is 0 Å². The van der Waals surface area contributed by atoms with E-state index in [4.69, 9.17) is 14.2 Å². The smallest absolute Gasteiger partial charge is 0.254 e. The van der Waals surface area contributed by atoms with Crippen LogP contribution in [0, 0.1) is 6.92 Å². The number of hydrogen-bond donors (Lipinski definition) is 2. The number of ketones is 1. The molecule has 0 saturated carbocycles. The van der Waals surface area contributed by atoms with Gasteiger partial charge in [0.25, 0.3) is 5.91 Å². The third-order valence-electron chi connectivity index (χ3n) is 7.79. The van der Waals surface area contributed by atoms with Crippen LogP contribution in [0.2, 0.25) is 0 Å². The lowest BCUT2D eigenvalue weighted by molar-refractivity contribution is -0.116. The lowest BCUT2D eigenvalue weighted by Crippen LogP contribution is -2.37. The van der Waals surface area contributed by atoms with Gasteiger partial charge < -0.3 is 24.8 Å². The van der Waals surface area contributed by atoms with Gasteiger partial charge in [-0.15, -0.1) is 0 Å². The van der Waals surface area contributed by atoms with Crippen LogP contribution in [0.5, 0.6) is 17.2 Å². The second-order valence-electron chi connectivity index (χ2n) is 10.2. The first kappa shape index (κ1) is 27.1. The molecule has 1 heterocycles. The molecule has 0 radical (unpaired) electrons. The van der Waals surface area contributed by atoms with E-state index in [0.29, 0.717) is 41.2 Å². The molecule has 7 nitrogen and oxygen atoms in total. The Kier molecular flexibility index (Phi) is 7.65. The van der Waals surface area contributed by atoms with E-state index in [2.05, 4.69) is 10.6 Å². The first-order chi connectivity index (χ1) is 19.3. The quantitative estimate of drug-likeness (QED) is 0.383. The molecule has 0 aromatic heterocycles. The van der Waals surface area contributed by atoms with Crippen LogP contribution in [0.25, 0.3) is 0 Å². The normalized spacial score (nSPS) is 18.6. The summed E-state index contributed by atoms with van der Waals surface area (Å²) in [5.41, 5.74) is 6.32. The monoisotopic (exact) mass is 538 g/mol. The molecule has 1 aliphatic carbocycles. The van der Waals surface area contributed by atoms with E-state index < -0.39 is 5.92 Å². The minimum absolute atomic E-state index is 0.0167. The molecule has 7 heteroatoms. The number of allylic oxidation sites excluding steroid dienone is 3. The molecular weight excluding hydrogens is 504 g/mol. The van der Waals surface area contributed by atoms with E-state index in [1.165, 1.54) is 0 Å². The molecule has 5 rings (SSSR count). The summed E-state index contributed by atoms with van der Waals surface area (Å²) >= 11 is 0. The molecule has 2 N–H and O–H groups in total. The zero-order valence-electron chi connectivity index (χ0n) is 23.5. The lowest BCUT2D eigenvalue weighted by Gasteiger charge is -2.37. The number of benzene rings is 3. The summed E-state index contributed by atoms with van der Waals surface area (Å²) in [4.78, 5) is 27.8. The van der Waals surface area contributed by atoms with Crippen LogP contribution in [0.15, 0.2) is 89.3 Å². The maximum atomic E-state index is 14.0. The fourth-order valence-corrected chi connectivity index (χ4v) is 5.71. The standard InChI is InChI=1S/C33H34N2O5/c1-19-8-6-7-9-25(19)35-33(37)30-20(2)34-26-16-23(22-12-15-28(39-4)29(18-22)40-5)17-27(36)32(26)31(30)21-10-13-24(38-3)14-11-21/h6-15,18,23,31,34H,16-17H2,1-5H3,(H,35,37)/t23-,31+/m0/s1. The van der Waals surface area contributed by atoms with Crippen molar-refractivity contribution in [1.29, 1.82) is 0 Å². The van der Waals surface area contributed by atoms with E-state index in [9.17, 15) is 9.59 Å².